The zero-order valence-electron chi connectivity index (χ0n) is 14.1. The number of nitrogens with zero attached hydrogens (tertiary/aromatic N) is 1. The number of amides is 1. The molecule has 0 aromatic heterocycles. The number of carbonyl (C=O) groups excluding carboxylic acids is 1. The summed E-state index contributed by atoms with van der Waals surface area (Å²) in [5, 5.41) is 9.20. The summed E-state index contributed by atoms with van der Waals surface area (Å²) in [7, 11) is 2.88. The first kappa shape index (κ1) is 20.2. The molecule has 1 aromatic rings. The minimum absolute atomic E-state index is 0.137. The van der Waals surface area contributed by atoms with Crippen LogP contribution >= 0.6 is 11.8 Å². The predicted molar refractivity (Wildman–Crippen MR) is 88.5 cm³/mol. The van der Waals surface area contributed by atoms with E-state index in [1.807, 2.05) is 0 Å². The molecular weight excluding hydrogens is 375 g/mol. The lowest BCUT2D eigenvalue weighted by atomic mass is 9.90. The van der Waals surface area contributed by atoms with Crippen LogP contribution in [-0.4, -0.2) is 53.9 Å². The summed E-state index contributed by atoms with van der Waals surface area (Å²) in [6, 6.07) is 2.42. The smallest absolute Gasteiger partial charge is 0.442 e. The van der Waals surface area contributed by atoms with Gasteiger partial charge in [0.15, 0.2) is 11.5 Å². The number of aliphatic carboxylic acids is 1. The fourth-order valence-electron chi connectivity index (χ4n) is 2.94. The van der Waals surface area contributed by atoms with Crippen LogP contribution in [0.15, 0.2) is 12.1 Å². The van der Waals surface area contributed by atoms with E-state index in [1.54, 1.807) is 12.1 Å². The van der Waals surface area contributed by atoms with Crippen molar-refractivity contribution in [3.05, 3.63) is 23.3 Å². The fourth-order valence-corrected chi connectivity index (χ4v) is 3.39. The van der Waals surface area contributed by atoms with Crippen LogP contribution in [-0.2, 0) is 16.0 Å². The van der Waals surface area contributed by atoms with Crippen LogP contribution in [0.3, 0.4) is 0 Å². The molecule has 0 bridgehead atoms. The predicted octanol–water partition coefficient (Wildman–Crippen LogP) is 2.86. The Morgan fingerprint density at radius 1 is 1.27 bits per heavy atom. The van der Waals surface area contributed by atoms with E-state index in [2.05, 4.69) is 0 Å². The molecule has 1 N–H and O–H groups in total. The third kappa shape index (κ3) is 4.75. The topological polar surface area (TPSA) is 76.1 Å². The highest BCUT2D eigenvalue weighted by Crippen LogP contribution is 2.40. The summed E-state index contributed by atoms with van der Waals surface area (Å²) >= 11 is -0.432. The van der Waals surface area contributed by atoms with E-state index < -0.39 is 47.4 Å². The van der Waals surface area contributed by atoms with Crippen LogP contribution in [0.2, 0.25) is 0 Å². The number of carboxylic acid groups (broad SMARTS) is 1. The molecule has 0 radical (unpaired) electrons. The van der Waals surface area contributed by atoms with E-state index in [9.17, 15) is 27.9 Å². The molecule has 1 unspecified atom stereocenters. The minimum atomic E-state index is -4.53. The maximum atomic E-state index is 12.4. The second-order valence-corrected chi connectivity index (χ2v) is 6.63. The van der Waals surface area contributed by atoms with Gasteiger partial charge in [-0.1, -0.05) is 0 Å². The van der Waals surface area contributed by atoms with Gasteiger partial charge in [0.2, 0.25) is 5.91 Å². The summed E-state index contributed by atoms with van der Waals surface area (Å²) < 4.78 is 47.6. The van der Waals surface area contributed by atoms with Crippen LogP contribution < -0.4 is 9.47 Å². The van der Waals surface area contributed by atoms with Gasteiger partial charge in [-0.3, -0.25) is 9.59 Å². The Morgan fingerprint density at radius 3 is 2.42 bits per heavy atom. The SMILES string of the molecule is COc1cc2c(cc1OC)C(CC(=O)O)N(C(=O)CSC(F)(F)F)CC2. The van der Waals surface area contributed by atoms with Crippen molar-refractivity contribution >= 4 is 23.6 Å². The number of methoxy groups -OCH3 is 2. The Bertz CT molecular complexity index is 695. The van der Waals surface area contributed by atoms with E-state index >= 15 is 0 Å². The molecule has 1 aliphatic heterocycles. The van der Waals surface area contributed by atoms with Crippen molar-refractivity contribution < 1.29 is 37.3 Å². The number of hydrogen-bond acceptors (Lipinski definition) is 5. The van der Waals surface area contributed by atoms with Gasteiger partial charge in [-0.2, -0.15) is 13.2 Å². The van der Waals surface area contributed by atoms with Gasteiger partial charge in [0.25, 0.3) is 0 Å². The summed E-state index contributed by atoms with van der Waals surface area (Å²) in [6.45, 7) is 0.137. The fraction of sp³-hybridized carbons (Fsp3) is 0.500. The summed E-state index contributed by atoms with van der Waals surface area (Å²) in [6.07, 6.45) is -0.0286. The standard InChI is InChI=1S/C16H18F3NO5S/c1-24-12-5-9-3-4-20(14(21)8-26-16(17,18)19)11(7-15(22)23)10(9)6-13(12)25-2/h5-6,11H,3-4,7-8H2,1-2H3,(H,22,23). The molecule has 10 heteroatoms. The molecule has 1 amide bonds. The van der Waals surface area contributed by atoms with Crippen molar-refractivity contribution in [1.82, 2.24) is 4.90 Å². The molecule has 1 aromatic carbocycles. The van der Waals surface area contributed by atoms with Crippen molar-refractivity contribution in [3.63, 3.8) is 0 Å². The van der Waals surface area contributed by atoms with Gasteiger partial charge < -0.3 is 19.5 Å². The first-order valence-electron chi connectivity index (χ1n) is 7.63. The monoisotopic (exact) mass is 393 g/mol. The number of thioether (sulfide) groups is 1. The molecule has 1 aliphatic rings. The van der Waals surface area contributed by atoms with Crippen LogP contribution in [0.1, 0.15) is 23.6 Å². The third-order valence-electron chi connectivity index (χ3n) is 4.05. The van der Waals surface area contributed by atoms with Crippen molar-refractivity contribution in [2.75, 3.05) is 26.5 Å². The average Bonchev–Trinajstić information content (AvgIpc) is 2.57. The Hall–Kier alpha value is -2.10. The molecule has 1 atom stereocenters. The maximum absolute atomic E-state index is 12.4. The van der Waals surface area contributed by atoms with E-state index in [-0.39, 0.29) is 6.54 Å². The summed E-state index contributed by atoms with van der Waals surface area (Å²) in [4.78, 5) is 24.7. The Kier molecular flexibility index (Phi) is 6.27. The van der Waals surface area contributed by atoms with Crippen molar-refractivity contribution in [1.29, 1.82) is 0 Å². The minimum Gasteiger partial charge on any atom is -0.493 e. The first-order chi connectivity index (χ1) is 12.2. The largest absolute Gasteiger partial charge is 0.493 e. The lowest BCUT2D eigenvalue weighted by Crippen LogP contribution is -2.42. The highest BCUT2D eigenvalue weighted by molar-refractivity contribution is 8.00. The molecule has 26 heavy (non-hydrogen) atoms. The number of ether oxygens (including phenoxy) is 2. The Balaban J connectivity index is 2.35. The van der Waals surface area contributed by atoms with Gasteiger partial charge in [0.05, 0.1) is 32.4 Å². The van der Waals surface area contributed by atoms with Gasteiger partial charge in [-0.05, 0) is 41.4 Å². The molecule has 0 saturated heterocycles. The van der Waals surface area contributed by atoms with Gasteiger partial charge in [0, 0.05) is 6.54 Å². The first-order valence-corrected chi connectivity index (χ1v) is 8.61. The quantitative estimate of drug-likeness (QED) is 0.801. The van der Waals surface area contributed by atoms with E-state index in [0.29, 0.717) is 23.5 Å². The van der Waals surface area contributed by atoms with Crippen LogP contribution in [0, 0.1) is 0 Å². The maximum Gasteiger partial charge on any atom is 0.442 e. The number of fused-ring (bicyclic) bond motifs is 1. The molecule has 144 valence electrons. The van der Waals surface area contributed by atoms with Crippen LogP contribution in [0.25, 0.3) is 0 Å². The van der Waals surface area contributed by atoms with Gasteiger partial charge in [-0.25, -0.2) is 0 Å². The Morgan fingerprint density at radius 2 is 1.88 bits per heavy atom. The van der Waals surface area contributed by atoms with Crippen LogP contribution in [0.4, 0.5) is 13.2 Å². The highest BCUT2D eigenvalue weighted by atomic mass is 32.2. The van der Waals surface area contributed by atoms with E-state index in [0.717, 1.165) is 5.56 Å². The van der Waals surface area contributed by atoms with Crippen molar-refractivity contribution in [2.24, 2.45) is 0 Å². The second kappa shape index (κ2) is 8.07. The lowest BCUT2D eigenvalue weighted by Gasteiger charge is -2.37. The molecule has 6 nitrogen and oxygen atoms in total. The van der Waals surface area contributed by atoms with Crippen molar-refractivity contribution in [3.8, 4) is 11.5 Å². The second-order valence-electron chi connectivity index (χ2n) is 5.59. The number of carbonyl (C=O) groups is 2. The highest BCUT2D eigenvalue weighted by Gasteiger charge is 2.36. The zero-order valence-corrected chi connectivity index (χ0v) is 14.9. The molecule has 0 aliphatic carbocycles. The summed E-state index contributed by atoms with van der Waals surface area (Å²) in [5.74, 6) is -1.87. The van der Waals surface area contributed by atoms with Gasteiger partial charge in [-0.15, -0.1) is 0 Å². The molecule has 1 heterocycles. The van der Waals surface area contributed by atoms with Crippen molar-refractivity contribution in [2.45, 2.75) is 24.4 Å². The number of carboxylic acids is 1. The normalized spacial score (nSPS) is 16.8. The lowest BCUT2D eigenvalue weighted by molar-refractivity contribution is -0.140. The van der Waals surface area contributed by atoms with E-state index in [4.69, 9.17) is 9.47 Å². The molecular formula is C16H18F3NO5S. The number of halogens is 3. The zero-order chi connectivity index (χ0) is 19.5. The average molecular weight is 393 g/mol. The number of rotatable bonds is 6. The molecule has 0 spiro atoms. The number of hydrogen-bond donors (Lipinski definition) is 1. The molecule has 2 rings (SSSR count). The van der Waals surface area contributed by atoms with Gasteiger partial charge in [0.1, 0.15) is 0 Å². The van der Waals surface area contributed by atoms with E-state index in [1.165, 1.54) is 19.1 Å². The number of alkyl halides is 3. The van der Waals surface area contributed by atoms with Gasteiger partial charge >= 0.3 is 11.5 Å². The molecule has 0 saturated carbocycles. The van der Waals surface area contributed by atoms with Crippen LogP contribution in [0.5, 0.6) is 11.5 Å². The Labute approximate surface area is 152 Å². The summed E-state index contributed by atoms with van der Waals surface area (Å²) in [5.41, 5.74) is -3.20. The molecule has 0 fully saturated rings. The number of benzene rings is 1. The third-order valence-corrected chi connectivity index (χ3v) is 4.77.